The predicted octanol–water partition coefficient (Wildman–Crippen LogP) is 2.85. The average Bonchev–Trinajstić information content (AvgIpc) is 2.97. The number of aromatic nitrogens is 1. The van der Waals surface area contributed by atoms with E-state index in [0.717, 1.165) is 17.7 Å². The Hall–Kier alpha value is -1.38. The SMILES string of the molecule is O=C(O)C1CCc2nc(C3CCCC3)ccc21. The van der Waals surface area contributed by atoms with E-state index in [1.807, 2.05) is 6.07 Å². The number of rotatable bonds is 2. The Morgan fingerprint density at radius 2 is 2.00 bits per heavy atom. The van der Waals surface area contributed by atoms with Crippen molar-refractivity contribution in [3.8, 4) is 0 Å². The van der Waals surface area contributed by atoms with Gasteiger partial charge in [-0.25, -0.2) is 0 Å². The van der Waals surface area contributed by atoms with Gasteiger partial charge in [-0.15, -0.1) is 0 Å². The van der Waals surface area contributed by atoms with Crippen molar-refractivity contribution in [1.29, 1.82) is 0 Å². The summed E-state index contributed by atoms with van der Waals surface area (Å²) in [4.78, 5) is 15.8. The lowest BCUT2D eigenvalue weighted by molar-refractivity contribution is -0.138. The molecule has 1 fully saturated rings. The number of carboxylic acids is 1. The van der Waals surface area contributed by atoms with E-state index < -0.39 is 5.97 Å². The molecular weight excluding hydrogens is 214 g/mol. The summed E-state index contributed by atoms with van der Waals surface area (Å²) in [5.74, 6) is -0.418. The smallest absolute Gasteiger partial charge is 0.311 e. The Morgan fingerprint density at radius 3 is 2.71 bits per heavy atom. The molecule has 0 bridgehead atoms. The molecule has 2 aliphatic rings. The number of aliphatic carboxylic acids is 1. The van der Waals surface area contributed by atoms with E-state index >= 15 is 0 Å². The van der Waals surface area contributed by atoms with Gasteiger partial charge in [-0.05, 0) is 37.3 Å². The molecule has 1 aromatic rings. The second-order valence-corrected chi connectivity index (χ2v) is 5.18. The molecule has 0 spiro atoms. The van der Waals surface area contributed by atoms with Gasteiger partial charge in [-0.2, -0.15) is 0 Å². The quantitative estimate of drug-likeness (QED) is 0.851. The van der Waals surface area contributed by atoms with Crippen LogP contribution in [-0.4, -0.2) is 16.1 Å². The fourth-order valence-electron chi connectivity index (χ4n) is 3.19. The van der Waals surface area contributed by atoms with Crippen molar-refractivity contribution >= 4 is 5.97 Å². The summed E-state index contributed by atoms with van der Waals surface area (Å²) in [5.41, 5.74) is 3.16. The number of carbonyl (C=O) groups is 1. The monoisotopic (exact) mass is 231 g/mol. The molecule has 0 aliphatic heterocycles. The van der Waals surface area contributed by atoms with Crippen molar-refractivity contribution < 1.29 is 9.90 Å². The first-order chi connectivity index (χ1) is 8.25. The second kappa shape index (κ2) is 4.13. The molecule has 1 saturated carbocycles. The third kappa shape index (κ3) is 1.84. The van der Waals surface area contributed by atoms with Crippen LogP contribution in [-0.2, 0) is 11.2 Å². The Bertz CT molecular complexity index is 450. The van der Waals surface area contributed by atoms with E-state index in [2.05, 4.69) is 6.07 Å². The van der Waals surface area contributed by atoms with Gasteiger partial charge in [-0.1, -0.05) is 18.9 Å². The van der Waals surface area contributed by atoms with Crippen LogP contribution in [0, 0.1) is 0 Å². The topological polar surface area (TPSA) is 50.2 Å². The third-order valence-corrected chi connectivity index (χ3v) is 4.15. The summed E-state index contributed by atoms with van der Waals surface area (Å²) in [5, 5.41) is 9.11. The molecule has 17 heavy (non-hydrogen) atoms. The minimum atomic E-state index is -0.709. The number of hydrogen-bond acceptors (Lipinski definition) is 2. The number of nitrogens with zero attached hydrogens (tertiary/aromatic N) is 1. The van der Waals surface area contributed by atoms with Crippen molar-refractivity contribution in [2.24, 2.45) is 0 Å². The summed E-state index contributed by atoms with van der Waals surface area (Å²) in [6.07, 6.45) is 6.64. The molecule has 1 unspecified atom stereocenters. The van der Waals surface area contributed by atoms with Crippen molar-refractivity contribution in [1.82, 2.24) is 4.98 Å². The van der Waals surface area contributed by atoms with Crippen molar-refractivity contribution in [2.75, 3.05) is 0 Å². The molecule has 90 valence electrons. The fourth-order valence-corrected chi connectivity index (χ4v) is 3.19. The van der Waals surface area contributed by atoms with E-state index in [4.69, 9.17) is 10.1 Å². The van der Waals surface area contributed by atoms with E-state index in [0.29, 0.717) is 12.3 Å². The minimum Gasteiger partial charge on any atom is -0.481 e. The van der Waals surface area contributed by atoms with Crippen LogP contribution in [0.25, 0.3) is 0 Å². The summed E-state index contributed by atoms with van der Waals surface area (Å²) in [7, 11) is 0. The van der Waals surface area contributed by atoms with Crippen LogP contribution in [0.4, 0.5) is 0 Å². The Kier molecular flexibility index (Phi) is 2.61. The number of aryl methyl sites for hydroxylation is 1. The van der Waals surface area contributed by atoms with E-state index in [9.17, 15) is 4.79 Å². The molecule has 3 rings (SSSR count). The minimum absolute atomic E-state index is 0.324. The number of fused-ring (bicyclic) bond motifs is 1. The van der Waals surface area contributed by atoms with Gasteiger partial charge in [0.15, 0.2) is 0 Å². The van der Waals surface area contributed by atoms with Gasteiger partial charge in [0.25, 0.3) is 0 Å². The lowest BCUT2D eigenvalue weighted by Crippen LogP contribution is -2.08. The van der Waals surface area contributed by atoms with Crippen LogP contribution in [0.1, 0.15) is 60.9 Å². The summed E-state index contributed by atoms with van der Waals surface area (Å²) < 4.78 is 0. The first-order valence-electron chi connectivity index (χ1n) is 6.48. The molecule has 2 aliphatic carbocycles. The standard InChI is InChI=1S/C14H17NO2/c16-14(17)11-6-8-13-10(11)5-7-12(15-13)9-3-1-2-4-9/h5,7,9,11H,1-4,6,8H2,(H,16,17). The van der Waals surface area contributed by atoms with Gasteiger partial charge < -0.3 is 5.11 Å². The molecular formula is C14H17NO2. The number of carboxylic acid groups (broad SMARTS) is 1. The Morgan fingerprint density at radius 1 is 1.24 bits per heavy atom. The van der Waals surface area contributed by atoms with Crippen molar-refractivity contribution in [3.05, 3.63) is 29.1 Å². The van der Waals surface area contributed by atoms with Crippen molar-refractivity contribution in [2.45, 2.75) is 50.4 Å². The zero-order valence-corrected chi connectivity index (χ0v) is 9.85. The molecule has 1 atom stereocenters. The highest BCUT2D eigenvalue weighted by Gasteiger charge is 2.30. The molecule has 1 heterocycles. The summed E-state index contributed by atoms with van der Waals surface area (Å²) >= 11 is 0. The Balaban J connectivity index is 1.90. The largest absolute Gasteiger partial charge is 0.481 e. The average molecular weight is 231 g/mol. The van der Waals surface area contributed by atoms with Crippen LogP contribution in [0.15, 0.2) is 12.1 Å². The predicted molar refractivity (Wildman–Crippen MR) is 64.1 cm³/mol. The van der Waals surface area contributed by atoms with Gasteiger partial charge >= 0.3 is 5.97 Å². The highest BCUT2D eigenvalue weighted by Crippen LogP contribution is 2.37. The maximum atomic E-state index is 11.1. The maximum Gasteiger partial charge on any atom is 0.311 e. The molecule has 0 radical (unpaired) electrons. The van der Waals surface area contributed by atoms with Crippen LogP contribution < -0.4 is 0 Å². The van der Waals surface area contributed by atoms with Gasteiger partial charge in [0.2, 0.25) is 0 Å². The lowest BCUT2D eigenvalue weighted by Gasteiger charge is -2.11. The molecule has 1 N–H and O–H groups in total. The Labute approximate surface area is 101 Å². The van der Waals surface area contributed by atoms with Crippen LogP contribution in [0.3, 0.4) is 0 Å². The maximum absolute atomic E-state index is 11.1. The summed E-state index contributed by atoms with van der Waals surface area (Å²) in [6.45, 7) is 0. The van der Waals surface area contributed by atoms with Gasteiger partial charge in [-0.3, -0.25) is 9.78 Å². The van der Waals surface area contributed by atoms with E-state index in [1.54, 1.807) is 0 Å². The third-order valence-electron chi connectivity index (χ3n) is 4.15. The summed E-state index contributed by atoms with van der Waals surface area (Å²) in [6, 6.07) is 4.05. The highest BCUT2D eigenvalue weighted by molar-refractivity contribution is 5.77. The second-order valence-electron chi connectivity index (χ2n) is 5.18. The van der Waals surface area contributed by atoms with Gasteiger partial charge in [0.05, 0.1) is 5.92 Å². The number of hydrogen-bond donors (Lipinski definition) is 1. The van der Waals surface area contributed by atoms with Crippen molar-refractivity contribution in [3.63, 3.8) is 0 Å². The number of pyridine rings is 1. The van der Waals surface area contributed by atoms with Crippen LogP contribution in [0.5, 0.6) is 0 Å². The fraction of sp³-hybridized carbons (Fsp3) is 0.571. The lowest BCUT2D eigenvalue weighted by atomic mass is 9.99. The molecule has 3 nitrogen and oxygen atoms in total. The van der Waals surface area contributed by atoms with E-state index in [-0.39, 0.29) is 5.92 Å². The van der Waals surface area contributed by atoms with Crippen LogP contribution in [0.2, 0.25) is 0 Å². The molecule has 1 aromatic heterocycles. The zero-order valence-electron chi connectivity index (χ0n) is 9.85. The van der Waals surface area contributed by atoms with Gasteiger partial charge in [0.1, 0.15) is 0 Å². The highest BCUT2D eigenvalue weighted by atomic mass is 16.4. The molecule has 0 amide bonds. The molecule has 0 aromatic carbocycles. The zero-order chi connectivity index (χ0) is 11.8. The first kappa shape index (κ1) is 10.8. The first-order valence-corrected chi connectivity index (χ1v) is 6.48. The normalized spacial score (nSPS) is 23.9. The molecule has 0 saturated heterocycles. The molecule has 3 heteroatoms. The van der Waals surface area contributed by atoms with Gasteiger partial charge in [0, 0.05) is 17.3 Å². The van der Waals surface area contributed by atoms with Crippen LogP contribution >= 0.6 is 0 Å². The van der Waals surface area contributed by atoms with E-state index in [1.165, 1.54) is 31.4 Å².